The van der Waals surface area contributed by atoms with Crippen LogP contribution in [0, 0.1) is 0 Å². The minimum atomic E-state index is 0.0294. The second kappa shape index (κ2) is 7.63. The Labute approximate surface area is 160 Å². The largest absolute Gasteiger partial charge is 0.356 e. The molecule has 0 atom stereocenters. The predicted octanol–water partition coefficient (Wildman–Crippen LogP) is 3.81. The molecule has 0 aliphatic carbocycles. The summed E-state index contributed by atoms with van der Waals surface area (Å²) in [6, 6.07) is 8.40. The van der Waals surface area contributed by atoms with Crippen LogP contribution < -0.4 is 10.2 Å². The van der Waals surface area contributed by atoms with Gasteiger partial charge in [-0.3, -0.25) is 4.79 Å². The normalized spacial score (nSPS) is 15.3. The fourth-order valence-electron chi connectivity index (χ4n) is 3.30. The molecule has 1 saturated heterocycles. The molecule has 26 heavy (non-hydrogen) atoms. The number of piperidine rings is 1. The first kappa shape index (κ1) is 17.3. The molecule has 0 unspecified atom stereocenters. The number of hydrogen-bond donors (Lipinski definition) is 1. The van der Waals surface area contributed by atoms with Gasteiger partial charge in [0.2, 0.25) is 0 Å². The third-order valence-electron chi connectivity index (χ3n) is 4.73. The summed E-state index contributed by atoms with van der Waals surface area (Å²) in [7, 11) is 0. The van der Waals surface area contributed by atoms with Crippen molar-refractivity contribution in [3.8, 4) is 0 Å². The molecule has 0 saturated carbocycles. The molecule has 1 amide bonds. The Bertz CT molecular complexity index is 905. The molecular weight excluding hydrogens is 364 g/mol. The molecule has 0 spiro atoms. The zero-order valence-corrected chi connectivity index (χ0v) is 16.1. The number of hydrogen-bond acceptors (Lipinski definition) is 6. The summed E-state index contributed by atoms with van der Waals surface area (Å²) in [5.74, 6) is 1.02. The van der Waals surface area contributed by atoms with Crippen molar-refractivity contribution in [1.82, 2.24) is 15.3 Å². The van der Waals surface area contributed by atoms with Crippen LogP contribution in [0.15, 0.2) is 46.2 Å². The van der Waals surface area contributed by atoms with Crippen LogP contribution in [0.3, 0.4) is 0 Å². The molecule has 0 radical (unpaired) electrons. The van der Waals surface area contributed by atoms with E-state index in [4.69, 9.17) is 0 Å². The van der Waals surface area contributed by atoms with Gasteiger partial charge in [-0.1, -0.05) is 0 Å². The first-order valence-electron chi connectivity index (χ1n) is 8.61. The minimum absolute atomic E-state index is 0.0294. The van der Waals surface area contributed by atoms with Crippen molar-refractivity contribution in [2.45, 2.75) is 23.8 Å². The molecule has 4 rings (SSSR count). The highest BCUT2D eigenvalue weighted by Gasteiger charge is 2.23. The highest BCUT2D eigenvalue weighted by molar-refractivity contribution is 7.98. The number of carbonyl (C=O) groups excluding carboxylic acids is 1. The van der Waals surface area contributed by atoms with E-state index in [1.807, 2.05) is 16.8 Å². The van der Waals surface area contributed by atoms with Crippen LogP contribution in [-0.2, 0) is 0 Å². The van der Waals surface area contributed by atoms with E-state index in [0.29, 0.717) is 0 Å². The summed E-state index contributed by atoms with van der Waals surface area (Å²) in [4.78, 5) is 24.7. The van der Waals surface area contributed by atoms with Crippen molar-refractivity contribution in [2.75, 3.05) is 24.2 Å². The quantitative estimate of drug-likeness (QED) is 0.693. The molecule has 2 aromatic heterocycles. The smallest absolute Gasteiger partial charge is 0.252 e. The lowest BCUT2D eigenvalue weighted by Gasteiger charge is -2.33. The van der Waals surface area contributed by atoms with Crippen LogP contribution in [0.5, 0.6) is 0 Å². The van der Waals surface area contributed by atoms with Gasteiger partial charge in [0.15, 0.2) is 0 Å². The van der Waals surface area contributed by atoms with Crippen molar-refractivity contribution in [1.29, 1.82) is 0 Å². The lowest BCUT2D eigenvalue weighted by Crippen LogP contribution is -2.45. The molecular formula is C19H20N4OS2. The van der Waals surface area contributed by atoms with Crippen LogP contribution in [-0.4, -0.2) is 41.3 Å². The maximum absolute atomic E-state index is 12.2. The van der Waals surface area contributed by atoms with E-state index >= 15 is 0 Å². The molecule has 3 heterocycles. The third-order valence-corrected chi connectivity index (χ3v) is 6.14. The number of carbonyl (C=O) groups is 1. The van der Waals surface area contributed by atoms with E-state index in [1.54, 1.807) is 29.4 Å². The maximum Gasteiger partial charge on any atom is 0.252 e. The minimum Gasteiger partial charge on any atom is -0.356 e. The third kappa shape index (κ3) is 3.54. The van der Waals surface area contributed by atoms with Gasteiger partial charge in [-0.25, -0.2) is 9.97 Å². The topological polar surface area (TPSA) is 58.1 Å². The van der Waals surface area contributed by atoms with E-state index in [-0.39, 0.29) is 11.9 Å². The number of thiophene rings is 1. The Morgan fingerprint density at radius 2 is 2.12 bits per heavy atom. The molecule has 1 fully saturated rings. The summed E-state index contributed by atoms with van der Waals surface area (Å²) in [5.41, 5.74) is 1.73. The molecule has 1 N–H and O–H groups in total. The van der Waals surface area contributed by atoms with Crippen LogP contribution in [0.2, 0.25) is 0 Å². The van der Waals surface area contributed by atoms with E-state index in [0.717, 1.165) is 48.2 Å². The summed E-state index contributed by atoms with van der Waals surface area (Å²) < 4.78 is 0. The van der Waals surface area contributed by atoms with E-state index in [9.17, 15) is 4.79 Å². The number of anilines is 1. The molecule has 3 aromatic rings. The fraction of sp³-hybridized carbons (Fsp3) is 0.316. The van der Waals surface area contributed by atoms with E-state index in [2.05, 4.69) is 44.6 Å². The monoisotopic (exact) mass is 384 g/mol. The number of fused-ring (bicyclic) bond motifs is 1. The molecule has 0 bridgehead atoms. The number of nitrogens with zero attached hydrogens (tertiary/aromatic N) is 3. The Kier molecular flexibility index (Phi) is 5.08. The number of amides is 1. The maximum atomic E-state index is 12.2. The number of aromatic nitrogens is 2. The van der Waals surface area contributed by atoms with Crippen LogP contribution in [0.1, 0.15) is 23.2 Å². The second-order valence-corrected chi connectivity index (χ2v) is 7.99. The van der Waals surface area contributed by atoms with Gasteiger partial charge in [0.25, 0.3) is 5.91 Å². The molecule has 1 aliphatic rings. The summed E-state index contributed by atoms with van der Waals surface area (Å²) in [6.45, 7) is 1.76. The number of rotatable bonds is 4. The van der Waals surface area contributed by atoms with Crippen molar-refractivity contribution >= 4 is 45.7 Å². The van der Waals surface area contributed by atoms with Gasteiger partial charge in [0.05, 0.1) is 5.52 Å². The van der Waals surface area contributed by atoms with Gasteiger partial charge in [-0.2, -0.15) is 11.3 Å². The molecule has 5 nitrogen and oxygen atoms in total. The molecule has 134 valence electrons. The Morgan fingerprint density at radius 3 is 2.85 bits per heavy atom. The average molecular weight is 385 g/mol. The molecule has 7 heteroatoms. The highest BCUT2D eigenvalue weighted by atomic mass is 32.2. The average Bonchev–Trinajstić information content (AvgIpc) is 3.23. The van der Waals surface area contributed by atoms with Gasteiger partial charge in [0, 0.05) is 40.4 Å². The standard InChI is InChI=1S/C19H20N4OS2/c1-25-15-2-3-17-16(10-15)18(21-12-20-17)23-7-4-14(5-8-23)22-19(24)13-6-9-26-11-13/h2-3,6,9-12,14H,4-5,7-8H2,1H3,(H,22,24). The lowest BCUT2D eigenvalue weighted by molar-refractivity contribution is 0.0931. The first-order valence-corrected chi connectivity index (χ1v) is 10.8. The van der Waals surface area contributed by atoms with Crippen molar-refractivity contribution in [3.05, 3.63) is 46.9 Å². The fourth-order valence-corrected chi connectivity index (χ4v) is 4.37. The van der Waals surface area contributed by atoms with Crippen LogP contribution in [0.25, 0.3) is 10.9 Å². The second-order valence-electron chi connectivity index (χ2n) is 6.33. The Balaban J connectivity index is 1.46. The van der Waals surface area contributed by atoms with Gasteiger partial charge in [-0.05, 0) is 48.7 Å². The molecule has 1 aliphatic heterocycles. The van der Waals surface area contributed by atoms with E-state index < -0.39 is 0 Å². The number of benzene rings is 1. The van der Waals surface area contributed by atoms with Gasteiger partial charge in [-0.15, -0.1) is 11.8 Å². The van der Waals surface area contributed by atoms with Gasteiger partial charge < -0.3 is 10.2 Å². The summed E-state index contributed by atoms with van der Waals surface area (Å²) in [5, 5.41) is 8.07. The number of thioether (sulfide) groups is 1. The molecule has 1 aromatic carbocycles. The first-order chi connectivity index (χ1) is 12.7. The van der Waals surface area contributed by atoms with Gasteiger partial charge in [0.1, 0.15) is 12.1 Å². The van der Waals surface area contributed by atoms with Crippen molar-refractivity contribution < 1.29 is 4.79 Å². The number of nitrogens with one attached hydrogen (secondary N) is 1. The zero-order valence-electron chi connectivity index (χ0n) is 14.5. The summed E-state index contributed by atoms with van der Waals surface area (Å²) >= 11 is 3.27. The highest BCUT2D eigenvalue weighted by Crippen LogP contribution is 2.29. The Hall–Kier alpha value is -2.12. The summed E-state index contributed by atoms with van der Waals surface area (Å²) in [6.07, 6.45) is 5.56. The zero-order chi connectivity index (χ0) is 17.9. The lowest BCUT2D eigenvalue weighted by atomic mass is 10.0. The van der Waals surface area contributed by atoms with Crippen LogP contribution >= 0.6 is 23.1 Å². The van der Waals surface area contributed by atoms with Crippen molar-refractivity contribution in [3.63, 3.8) is 0 Å². The predicted molar refractivity (Wildman–Crippen MR) is 108 cm³/mol. The van der Waals surface area contributed by atoms with E-state index in [1.165, 1.54) is 4.90 Å². The van der Waals surface area contributed by atoms with Crippen LogP contribution in [0.4, 0.5) is 5.82 Å². The Morgan fingerprint density at radius 1 is 1.27 bits per heavy atom. The van der Waals surface area contributed by atoms with Crippen molar-refractivity contribution in [2.24, 2.45) is 0 Å². The van der Waals surface area contributed by atoms with Gasteiger partial charge >= 0.3 is 0 Å². The SMILES string of the molecule is CSc1ccc2ncnc(N3CCC(NC(=O)c4ccsc4)CC3)c2c1.